The molecule has 0 saturated carbocycles. The molecule has 5 heteroatoms. The summed E-state index contributed by atoms with van der Waals surface area (Å²) in [7, 11) is 1.82. The minimum Gasteiger partial charge on any atom is -0.340 e. The first-order valence-electron chi connectivity index (χ1n) is 3.95. The van der Waals surface area contributed by atoms with E-state index in [4.69, 9.17) is 11.6 Å². The van der Waals surface area contributed by atoms with Gasteiger partial charge in [0.1, 0.15) is 5.69 Å². The number of carbonyl (C=O) groups is 1. The predicted octanol–water partition coefficient (Wildman–Crippen LogP) is 2.37. The zero-order valence-electron chi connectivity index (χ0n) is 7.40. The Morgan fingerprint density at radius 1 is 1.57 bits per heavy atom. The Balaban J connectivity index is 2.33. The van der Waals surface area contributed by atoms with E-state index in [0.29, 0.717) is 14.9 Å². The predicted molar refractivity (Wildman–Crippen MR) is 56.0 cm³/mol. The molecule has 2 heterocycles. The number of hydrogen-bond donors (Lipinski definition) is 0. The number of aromatic nitrogens is 2. The normalized spacial score (nSPS) is 10.4. The van der Waals surface area contributed by atoms with Gasteiger partial charge < -0.3 is 4.57 Å². The molecule has 0 spiro atoms. The van der Waals surface area contributed by atoms with E-state index in [0.717, 1.165) is 0 Å². The van der Waals surface area contributed by atoms with Gasteiger partial charge in [0.15, 0.2) is 0 Å². The van der Waals surface area contributed by atoms with Crippen molar-refractivity contribution >= 4 is 28.7 Å². The summed E-state index contributed by atoms with van der Waals surface area (Å²) in [5.74, 6) is -0.0810. The van der Waals surface area contributed by atoms with E-state index in [-0.39, 0.29) is 5.78 Å². The van der Waals surface area contributed by atoms with Gasteiger partial charge in [0.25, 0.3) is 0 Å². The van der Waals surface area contributed by atoms with Crippen LogP contribution >= 0.6 is 22.9 Å². The summed E-state index contributed by atoms with van der Waals surface area (Å²) in [6.45, 7) is 0. The Morgan fingerprint density at radius 2 is 2.36 bits per heavy atom. The van der Waals surface area contributed by atoms with Gasteiger partial charge in [-0.1, -0.05) is 11.6 Å². The van der Waals surface area contributed by atoms with E-state index >= 15 is 0 Å². The molecule has 0 radical (unpaired) electrons. The van der Waals surface area contributed by atoms with E-state index in [1.165, 1.54) is 11.3 Å². The van der Waals surface area contributed by atoms with Crippen LogP contribution in [0.2, 0.25) is 4.34 Å². The summed E-state index contributed by atoms with van der Waals surface area (Å²) in [5, 5.41) is 0. The molecule has 2 rings (SSSR count). The molecule has 0 aliphatic rings. The third kappa shape index (κ3) is 1.71. The maximum atomic E-state index is 11.7. The summed E-state index contributed by atoms with van der Waals surface area (Å²) < 4.78 is 2.35. The third-order valence-electron chi connectivity index (χ3n) is 1.73. The molecule has 0 aliphatic heterocycles. The van der Waals surface area contributed by atoms with E-state index < -0.39 is 0 Å². The van der Waals surface area contributed by atoms with Crippen LogP contribution in [0.5, 0.6) is 0 Å². The molecule has 14 heavy (non-hydrogen) atoms. The van der Waals surface area contributed by atoms with Crippen LogP contribution < -0.4 is 0 Å². The highest BCUT2D eigenvalue weighted by Gasteiger charge is 2.13. The fourth-order valence-electron chi connectivity index (χ4n) is 1.09. The van der Waals surface area contributed by atoms with Crippen LogP contribution in [-0.2, 0) is 7.05 Å². The Morgan fingerprint density at radius 3 is 2.86 bits per heavy atom. The molecule has 0 atom stereocenters. The second-order valence-corrected chi connectivity index (χ2v) is 4.57. The topological polar surface area (TPSA) is 34.9 Å². The van der Waals surface area contributed by atoms with Crippen LogP contribution in [-0.4, -0.2) is 15.3 Å². The van der Waals surface area contributed by atoms with Crippen molar-refractivity contribution in [3.8, 4) is 0 Å². The van der Waals surface area contributed by atoms with Crippen LogP contribution in [0.15, 0.2) is 24.7 Å². The summed E-state index contributed by atoms with van der Waals surface area (Å²) in [6, 6.07) is 3.42. The Hall–Kier alpha value is -1.13. The number of rotatable bonds is 2. The molecular weight excluding hydrogens is 220 g/mol. The van der Waals surface area contributed by atoms with Gasteiger partial charge in [0.2, 0.25) is 5.78 Å². The lowest BCUT2D eigenvalue weighted by molar-refractivity contribution is 0.103. The van der Waals surface area contributed by atoms with Crippen LogP contribution in [0.1, 0.15) is 15.4 Å². The Kier molecular flexibility index (Phi) is 2.39. The fraction of sp³-hybridized carbons (Fsp3) is 0.111. The highest BCUT2D eigenvalue weighted by Crippen LogP contribution is 2.23. The molecule has 0 fully saturated rings. The molecule has 0 unspecified atom stereocenters. The van der Waals surface area contributed by atoms with Gasteiger partial charge in [-0.3, -0.25) is 4.79 Å². The molecule has 72 valence electrons. The van der Waals surface area contributed by atoms with Gasteiger partial charge in [-0.2, -0.15) is 0 Å². The lowest BCUT2D eigenvalue weighted by Gasteiger charge is -1.90. The molecular formula is C9H7ClN2OS. The van der Waals surface area contributed by atoms with E-state index in [1.807, 2.05) is 7.05 Å². The zero-order chi connectivity index (χ0) is 10.1. The summed E-state index contributed by atoms with van der Waals surface area (Å²) in [6.07, 6.45) is 3.29. The van der Waals surface area contributed by atoms with Crippen molar-refractivity contribution in [2.75, 3.05) is 0 Å². The summed E-state index contributed by atoms with van der Waals surface area (Å²) >= 11 is 7.00. The Bertz CT molecular complexity index is 432. The second kappa shape index (κ2) is 3.55. The van der Waals surface area contributed by atoms with Crippen LogP contribution in [0.25, 0.3) is 0 Å². The van der Waals surface area contributed by atoms with Gasteiger partial charge in [0.05, 0.1) is 15.5 Å². The smallest absolute Gasteiger partial charge is 0.222 e. The van der Waals surface area contributed by atoms with Crippen LogP contribution in [0.4, 0.5) is 0 Å². The SMILES string of the molecule is Cn1cnc(C(=O)c2ccc(Cl)s2)c1. The summed E-state index contributed by atoms with van der Waals surface area (Å²) in [5.41, 5.74) is 0.450. The number of hydrogen-bond acceptors (Lipinski definition) is 3. The number of aryl methyl sites for hydroxylation is 1. The van der Waals surface area contributed by atoms with Crippen molar-refractivity contribution in [1.29, 1.82) is 0 Å². The first kappa shape index (κ1) is 9.43. The average molecular weight is 227 g/mol. The molecule has 0 N–H and O–H groups in total. The van der Waals surface area contributed by atoms with Gasteiger partial charge in [-0.25, -0.2) is 4.98 Å². The second-order valence-electron chi connectivity index (χ2n) is 2.86. The van der Waals surface area contributed by atoms with Crippen molar-refractivity contribution in [2.24, 2.45) is 7.05 Å². The van der Waals surface area contributed by atoms with Crippen molar-refractivity contribution < 1.29 is 4.79 Å². The van der Waals surface area contributed by atoms with E-state index in [2.05, 4.69) is 4.98 Å². The first-order chi connectivity index (χ1) is 6.66. The lowest BCUT2D eigenvalue weighted by Crippen LogP contribution is -1.98. The fourth-order valence-corrected chi connectivity index (χ4v) is 2.08. The Labute approximate surface area is 90.0 Å². The maximum Gasteiger partial charge on any atom is 0.222 e. The molecule has 0 amide bonds. The molecule has 0 bridgehead atoms. The molecule has 2 aromatic heterocycles. The van der Waals surface area contributed by atoms with E-state index in [9.17, 15) is 4.79 Å². The number of imidazole rings is 1. The average Bonchev–Trinajstić information content (AvgIpc) is 2.73. The number of ketones is 1. The lowest BCUT2D eigenvalue weighted by atomic mass is 10.2. The molecule has 0 aliphatic carbocycles. The zero-order valence-corrected chi connectivity index (χ0v) is 8.97. The minimum absolute atomic E-state index is 0.0810. The summed E-state index contributed by atoms with van der Waals surface area (Å²) in [4.78, 5) is 16.3. The highest BCUT2D eigenvalue weighted by atomic mass is 35.5. The van der Waals surface area contributed by atoms with Gasteiger partial charge in [-0.15, -0.1) is 11.3 Å². The van der Waals surface area contributed by atoms with Gasteiger partial charge in [-0.05, 0) is 12.1 Å². The largest absolute Gasteiger partial charge is 0.340 e. The van der Waals surface area contributed by atoms with Crippen molar-refractivity contribution in [3.05, 3.63) is 39.6 Å². The molecule has 3 nitrogen and oxygen atoms in total. The number of thiophene rings is 1. The quantitative estimate of drug-likeness (QED) is 0.737. The maximum absolute atomic E-state index is 11.7. The van der Waals surface area contributed by atoms with Gasteiger partial charge >= 0.3 is 0 Å². The minimum atomic E-state index is -0.0810. The third-order valence-corrected chi connectivity index (χ3v) is 2.96. The van der Waals surface area contributed by atoms with Crippen molar-refractivity contribution in [1.82, 2.24) is 9.55 Å². The number of carbonyl (C=O) groups excluding carboxylic acids is 1. The standard InChI is InChI=1S/C9H7ClN2OS/c1-12-4-6(11-5-12)9(13)7-2-3-8(10)14-7/h2-5H,1H3. The van der Waals surface area contributed by atoms with Gasteiger partial charge in [0, 0.05) is 13.2 Å². The monoisotopic (exact) mass is 226 g/mol. The number of nitrogens with zero attached hydrogens (tertiary/aromatic N) is 2. The molecule has 2 aromatic rings. The highest BCUT2D eigenvalue weighted by molar-refractivity contribution is 7.18. The first-order valence-corrected chi connectivity index (χ1v) is 5.14. The van der Waals surface area contributed by atoms with Crippen molar-refractivity contribution in [3.63, 3.8) is 0 Å². The van der Waals surface area contributed by atoms with Crippen molar-refractivity contribution in [2.45, 2.75) is 0 Å². The van der Waals surface area contributed by atoms with Crippen LogP contribution in [0.3, 0.4) is 0 Å². The molecule has 0 aromatic carbocycles. The van der Waals surface area contributed by atoms with E-state index in [1.54, 1.807) is 29.2 Å². The molecule has 0 saturated heterocycles. The number of halogens is 1. The van der Waals surface area contributed by atoms with Crippen LogP contribution in [0, 0.1) is 0 Å².